The van der Waals surface area contributed by atoms with E-state index in [1.54, 1.807) is 25.3 Å². The molecule has 1 aromatic carbocycles. The van der Waals surface area contributed by atoms with Crippen molar-refractivity contribution in [1.29, 1.82) is 0 Å². The predicted octanol–water partition coefficient (Wildman–Crippen LogP) is 0.668. The minimum atomic E-state index is -0.274. The van der Waals surface area contributed by atoms with Crippen molar-refractivity contribution in [2.24, 2.45) is 0 Å². The van der Waals surface area contributed by atoms with Crippen molar-refractivity contribution in [2.75, 3.05) is 52.6 Å². The van der Waals surface area contributed by atoms with Gasteiger partial charge >= 0.3 is 0 Å². The summed E-state index contributed by atoms with van der Waals surface area (Å²) in [6.45, 7) is 0.787. The Morgan fingerprint density at radius 2 is 2.00 bits per heavy atom. The number of hydrogen-bond donors (Lipinski definition) is 2. The lowest BCUT2D eigenvalue weighted by molar-refractivity contribution is -0.121. The molecule has 1 aromatic rings. The first-order valence-electron chi connectivity index (χ1n) is 6.49. The van der Waals surface area contributed by atoms with Gasteiger partial charge in [-0.25, -0.2) is 0 Å². The normalized spacial score (nSPS) is 10.2. The summed E-state index contributed by atoms with van der Waals surface area (Å²) < 4.78 is 20.4. The Balaban J connectivity index is 2.55. The minimum Gasteiger partial charge on any atom is -0.493 e. The first-order chi connectivity index (χ1) is 10.2. The van der Waals surface area contributed by atoms with Crippen LogP contribution in [0.2, 0.25) is 0 Å². The standard InChI is InChI=1S/C14H21NO6/c1-18-7-8-20-10-14(17)15-11-3-4-12(19-2)13(9-11)21-6-5-16/h3-4,9,16H,5-8,10H2,1-2H3,(H,15,17). The smallest absolute Gasteiger partial charge is 0.250 e. The number of benzene rings is 1. The summed E-state index contributed by atoms with van der Waals surface area (Å²) in [6, 6.07) is 4.99. The number of ether oxygens (including phenoxy) is 4. The van der Waals surface area contributed by atoms with Crippen molar-refractivity contribution in [3.8, 4) is 11.5 Å². The molecule has 0 radical (unpaired) electrons. The fourth-order valence-corrected chi connectivity index (χ4v) is 1.53. The molecule has 0 atom stereocenters. The van der Waals surface area contributed by atoms with Gasteiger partial charge in [0.2, 0.25) is 5.91 Å². The van der Waals surface area contributed by atoms with Crippen molar-refractivity contribution in [3.05, 3.63) is 18.2 Å². The average molecular weight is 299 g/mol. The van der Waals surface area contributed by atoms with E-state index >= 15 is 0 Å². The van der Waals surface area contributed by atoms with Crippen LogP contribution in [0, 0.1) is 0 Å². The summed E-state index contributed by atoms with van der Waals surface area (Å²) in [6.07, 6.45) is 0. The summed E-state index contributed by atoms with van der Waals surface area (Å²) in [4.78, 5) is 11.7. The van der Waals surface area contributed by atoms with Crippen LogP contribution in [0.25, 0.3) is 0 Å². The molecule has 0 spiro atoms. The molecular weight excluding hydrogens is 278 g/mol. The van der Waals surface area contributed by atoms with E-state index in [1.165, 1.54) is 7.11 Å². The summed E-state index contributed by atoms with van der Waals surface area (Å²) in [5, 5.41) is 11.5. The van der Waals surface area contributed by atoms with Crippen LogP contribution in [-0.4, -0.2) is 58.3 Å². The van der Waals surface area contributed by atoms with Gasteiger partial charge in [0, 0.05) is 18.9 Å². The molecule has 1 rings (SSSR count). The molecule has 118 valence electrons. The van der Waals surface area contributed by atoms with E-state index in [0.29, 0.717) is 30.4 Å². The van der Waals surface area contributed by atoms with Crippen LogP contribution in [-0.2, 0) is 14.3 Å². The zero-order chi connectivity index (χ0) is 15.5. The minimum absolute atomic E-state index is 0.0534. The molecule has 7 heteroatoms. The van der Waals surface area contributed by atoms with Gasteiger partial charge in [-0.15, -0.1) is 0 Å². The monoisotopic (exact) mass is 299 g/mol. The molecule has 0 heterocycles. The number of aliphatic hydroxyl groups is 1. The van der Waals surface area contributed by atoms with Gasteiger partial charge in [0.05, 0.1) is 26.9 Å². The lowest BCUT2D eigenvalue weighted by Crippen LogP contribution is -2.19. The van der Waals surface area contributed by atoms with Gasteiger partial charge in [-0.05, 0) is 12.1 Å². The molecule has 0 bridgehead atoms. The van der Waals surface area contributed by atoms with Gasteiger partial charge in [0.1, 0.15) is 13.2 Å². The van der Waals surface area contributed by atoms with Crippen LogP contribution in [0.5, 0.6) is 11.5 Å². The number of nitrogens with one attached hydrogen (secondary N) is 1. The first-order valence-corrected chi connectivity index (χ1v) is 6.49. The average Bonchev–Trinajstić information content (AvgIpc) is 2.49. The summed E-state index contributed by atoms with van der Waals surface area (Å²) in [5.41, 5.74) is 0.559. The fourth-order valence-electron chi connectivity index (χ4n) is 1.53. The summed E-state index contributed by atoms with van der Waals surface area (Å²) in [5.74, 6) is 0.701. The Bertz CT molecular complexity index is 437. The highest BCUT2D eigenvalue weighted by molar-refractivity contribution is 5.92. The van der Waals surface area contributed by atoms with E-state index in [0.717, 1.165) is 0 Å². The zero-order valence-corrected chi connectivity index (χ0v) is 12.3. The summed E-state index contributed by atoms with van der Waals surface area (Å²) >= 11 is 0. The van der Waals surface area contributed by atoms with Crippen LogP contribution < -0.4 is 14.8 Å². The van der Waals surface area contributed by atoms with Gasteiger partial charge in [-0.2, -0.15) is 0 Å². The Morgan fingerprint density at radius 1 is 1.19 bits per heavy atom. The highest BCUT2D eigenvalue weighted by atomic mass is 16.5. The molecule has 0 saturated heterocycles. The third kappa shape index (κ3) is 6.44. The number of aliphatic hydroxyl groups excluding tert-OH is 1. The maximum Gasteiger partial charge on any atom is 0.250 e. The largest absolute Gasteiger partial charge is 0.493 e. The number of anilines is 1. The van der Waals surface area contributed by atoms with Crippen molar-refractivity contribution < 1.29 is 28.8 Å². The van der Waals surface area contributed by atoms with Gasteiger partial charge in [0.25, 0.3) is 0 Å². The third-order valence-electron chi connectivity index (χ3n) is 2.46. The molecule has 2 N–H and O–H groups in total. The second kappa shape index (κ2) is 9.98. The maximum atomic E-state index is 11.7. The highest BCUT2D eigenvalue weighted by Gasteiger charge is 2.08. The number of amides is 1. The van der Waals surface area contributed by atoms with E-state index in [9.17, 15) is 4.79 Å². The van der Waals surface area contributed by atoms with Gasteiger partial charge in [0.15, 0.2) is 11.5 Å². The molecule has 7 nitrogen and oxygen atoms in total. The lowest BCUT2D eigenvalue weighted by Gasteiger charge is -2.12. The van der Waals surface area contributed by atoms with E-state index in [-0.39, 0.29) is 25.7 Å². The molecule has 0 unspecified atom stereocenters. The van der Waals surface area contributed by atoms with E-state index in [2.05, 4.69) is 5.32 Å². The van der Waals surface area contributed by atoms with Crippen LogP contribution in [0.4, 0.5) is 5.69 Å². The fraction of sp³-hybridized carbons (Fsp3) is 0.500. The van der Waals surface area contributed by atoms with Crippen molar-refractivity contribution in [3.63, 3.8) is 0 Å². The Morgan fingerprint density at radius 3 is 2.67 bits per heavy atom. The molecule has 0 aliphatic rings. The van der Waals surface area contributed by atoms with Crippen molar-refractivity contribution in [1.82, 2.24) is 0 Å². The topological polar surface area (TPSA) is 86.3 Å². The van der Waals surface area contributed by atoms with E-state index in [1.807, 2.05) is 0 Å². The molecule has 21 heavy (non-hydrogen) atoms. The second-order valence-corrected chi connectivity index (χ2v) is 4.03. The molecule has 0 aromatic heterocycles. The highest BCUT2D eigenvalue weighted by Crippen LogP contribution is 2.30. The Kier molecular flexibility index (Phi) is 8.18. The second-order valence-electron chi connectivity index (χ2n) is 4.03. The van der Waals surface area contributed by atoms with Crippen molar-refractivity contribution >= 4 is 11.6 Å². The summed E-state index contributed by atoms with van der Waals surface area (Å²) in [7, 11) is 3.08. The van der Waals surface area contributed by atoms with Crippen LogP contribution in [0.3, 0.4) is 0 Å². The molecule has 1 amide bonds. The van der Waals surface area contributed by atoms with Crippen LogP contribution in [0.1, 0.15) is 0 Å². The van der Waals surface area contributed by atoms with Crippen LogP contribution in [0.15, 0.2) is 18.2 Å². The van der Waals surface area contributed by atoms with Crippen LogP contribution >= 0.6 is 0 Å². The number of hydrogen-bond acceptors (Lipinski definition) is 6. The molecule has 0 aliphatic heterocycles. The maximum absolute atomic E-state index is 11.7. The molecule has 0 saturated carbocycles. The SMILES string of the molecule is COCCOCC(=O)Nc1ccc(OC)c(OCCO)c1. The van der Waals surface area contributed by atoms with Gasteiger partial charge in [-0.1, -0.05) is 0 Å². The number of carbonyl (C=O) groups is 1. The Hall–Kier alpha value is -1.83. The van der Waals surface area contributed by atoms with E-state index < -0.39 is 0 Å². The molecule has 0 fully saturated rings. The number of rotatable bonds is 10. The quantitative estimate of drug-likeness (QED) is 0.618. The number of methoxy groups -OCH3 is 2. The van der Waals surface area contributed by atoms with E-state index in [4.69, 9.17) is 24.1 Å². The Labute approximate surface area is 123 Å². The molecular formula is C14H21NO6. The number of carbonyl (C=O) groups excluding carboxylic acids is 1. The lowest BCUT2D eigenvalue weighted by atomic mass is 10.2. The van der Waals surface area contributed by atoms with Crippen molar-refractivity contribution in [2.45, 2.75) is 0 Å². The predicted molar refractivity (Wildman–Crippen MR) is 76.9 cm³/mol. The zero-order valence-electron chi connectivity index (χ0n) is 12.3. The van der Waals surface area contributed by atoms with Gasteiger partial charge < -0.3 is 29.4 Å². The molecule has 0 aliphatic carbocycles. The first kappa shape index (κ1) is 17.2. The third-order valence-corrected chi connectivity index (χ3v) is 2.46. The van der Waals surface area contributed by atoms with Gasteiger partial charge in [-0.3, -0.25) is 4.79 Å².